The van der Waals surface area contributed by atoms with Crippen LogP contribution in [0.15, 0.2) is 0 Å². The van der Waals surface area contributed by atoms with Crippen molar-refractivity contribution in [3.05, 3.63) is 33.4 Å². The summed E-state index contributed by atoms with van der Waals surface area (Å²) in [5.41, 5.74) is 9.36. The van der Waals surface area contributed by atoms with Crippen LogP contribution in [-0.2, 0) is 0 Å². The third kappa shape index (κ3) is 2.14. The molecule has 1 aromatic rings. The maximum Gasteiger partial charge on any atom is -0.0157 e. The molecule has 1 fully saturated rings. The molecule has 0 N–H and O–H groups in total. The summed E-state index contributed by atoms with van der Waals surface area (Å²) in [4.78, 5) is 0. The summed E-state index contributed by atoms with van der Waals surface area (Å²) in [6.45, 7) is 11.5. The number of hydrogen-bond donors (Lipinski definition) is 0. The summed E-state index contributed by atoms with van der Waals surface area (Å²) in [7, 11) is 0. The first kappa shape index (κ1) is 12.7. The fourth-order valence-electron chi connectivity index (χ4n) is 3.53. The molecule has 1 saturated carbocycles. The van der Waals surface area contributed by atoms with Crippen molar-refractivity contribution in [3.8, 4) is 0 Å². The van der Waals surface area contributed by atoms with Crippen molar-refractivity contribution < 1.29 is 0 Å². The molecule has 0 saturated heterocycles. The van der Waals surface area contributed by atoms with Gasteiger partial charge in [-0.05, 0) is 86.8 Å². The minimum Gasteiger partial charge on any atom is -0.0533 e. The monoisotopic (exact) mass is 230 g/mol. The number of rotatable bonds is 1. The Morgan fingerprint density at radius 1 is 0.588 bits per heavy atom. The fourth-order valence-corrected chi connectivity index (χ4v) is 3.53. The lowest BCUT2D eigenvalue weighted by molar-refractivity contribution is 0.440. The van der Waals surface area contributed by atoms with Crippen molar-refractivity contribution in [1.29, 1.82) is 0 Å². The lowest BCUT2D eigenvalue weighted by atomic mass is 9.77. The van der Waals surface area contributed by atoms with E-state index in [4.69, 9.17) is 0 Å². The zero-order valence-electron chi connectivity index (χ0n) is 12.1. The van der Waals surface area contributed by atoms with Crippen molar-refractivity contribution in [2.45, 2.75) is 72.6 Å². The van der Waals surface area contributed by atoms with E-state index in [9.17, 15) is 0 Å². The number of hydrogen-bond acceptors (Lipinski definition) is 0. The van der Waals surface area contributed by atoms with Crippen molar-refractivity contribution in [1.82, 2.24) is 0 Å². The van der Waals surface area contributed by atoms with E-state index in [0.717, 1.165) is 5.92 Å². The van der Waals surface area contributed by atoms with Gasteiger partial charge in [-0.15, -0.1) is 0 Å². The highest BCUT2D eigenvalue weighted by Gasteiger charge is 2.21. The fraction of sp³-hybridized carbons (Fsp3) is 0.647. The molecule has 1 aromatic carbocycles. The molecular weight excluding hydrogens is 204 g/mol. The zero-order chi connectivity index (χ0) is 12.6. The largest absolute Gasteiger partial charge is 0.0533 e. The minimum atomic E-state index is 0.835. The van der Waals surface area contributed by atoms with Gasteiger partial charge < -0.3 is 0 Å². The summed E-state index contributed by atoms with van der Waals surface area (Å²) < 4.78 is 0. The van der Waals surface area contributed by atoms with E-state index in [2.05, 4.69) is 34.6 Å². The lowest BCUT2D eigenvalue weighted by Gasteiger charge is -2.28. The SMILES string of the molecule is Cc1c(C)c(C)c(C2CCCCC2)c(C)c1C. The van der Waals surface area contributed by atoms with Gasteiger partial charge in [0.25, 0.3) is 0 Å². The summed E-state index contributed by atoms with van der Waals surface area (Å²) in [5.74, 6) is 0.835. The first-order chi connectivity index (χ1) is 8.04. The van der Waals surface area contributed by atoms with Crippen LogP contribution in [0.1, 0.15) is 71.4 Å². The second-order valence-corrected chi connectivity index (χ2v) is 5.87. The Balaban J connectivity index is 2.52. The van der Waals surface area contributed by atoms with Gasteiger partial charge in [0, 0.05) is 0 Å². The Morgan fingerprint density at radius 3 is 1.47 bits per heavy atom. The van der Waals surface area contributed by atoms with E-state index in [0.29, 0.717) is 0 Å². The lowest BCUT2D eigenvalue weighted by Crippen LogP contribution is -2.11. The normalized spacial score (nSPS) is 17.5. The van der Waals surface area contributed by atoms with Gasteiger partial charge in [0.05, 0.1) is 0 Å². The predicted octanol–water partition coefficient (Wildman–Crippen LogP) is 5.28. The van der Waals surface area contributed by atoms with Crippen LogP contribution in [0.4, 0.5) is 0 Å². The molecule has 0 bridgehead atoms. The number of benzene rings is 1. The molecule has 0 aromatic heterocycles. The summed E-state index contributed by atoms with van der Waals surface area (Å²) >= 11 is 0. The highest BCUT2D eigenvalue weighted by atomic mass is 14.3. The van der Waals surface area contributed by atoms with Crippen molar-refractivity contribution in [3.63, 3.8) is 0 Å². The molecule has 0 heteroatoms. The molecule has 94 valence electrons. The van der Waals surface area contributed by atoms with Gasteiger partial charge in [0.15, 0.2) is 0 Å². The Hall–Kier alpha value is -0.780. The van der Waals surface area contributed by atoms with Crippen LogP contribution in [0.5, 0.6) is 0 Å². The van der Waals surface area contributed by atoms with Crippen LogP contribution in [0.2, 0.25) is 0 Å². The molecule has 0 nitrogen and oxygen atoms in total. The molecular formula is C17H26. The van der Waals surface area contributed by atoms with Crippen LogP contribution < -0.4 is 0 Å². The van der Waals surface area contributed by atoms with Crippen LogP contribution in [0.25, 0.3) is 0 Å². The van der Waals surface area contributed by atoms with Crippen LogP contribution in [0.3, 0.4) is 0 Å². The molecule has 0 amide bonds. The van der Waals surface area contributed by atoms with Gasteiger partial charge in [0.2, 0.25) is 0 Å². The molecule has 0 unspecified atom stereocenters. The highest BCUT2D eigenvalue weighted by molar-refractivity contribution is 5.50. The molecule has 0 spiro atoms. The topological polar surface area (TPSA) is 0 Å². The molecule has 17 heavy (non-hydrogen) atoms. The van der Waals surface area contributed by atoms with Crippen LogP contribution >= 0.6 is 0 Å². The Bertz CT molecular complexity index is 391. The van der Waals surface area contributed by atoms with E-state index >= 15 is 0 Å². The van der Waals surface area contributed by atoms with Crippen molar-refractivity contribution in [2.75, 3.05) is 0 Å². The first-order valence-electron chi connectivity index (χ1n) is 7.11. The van der Waals surface area contributed by atoms with Gasteiger partial charge in [-0.2, -0.15) is 0 Å². The predicted molar refractivity (Wildman–Crippen MR) is 76.0 cm³/mol. The van der Waals surface area contributed by atoms with E-state index in [1.165, 1.54) is 48.8 Å². The highest BCUT2D eigenvalue weighted by Crippen LogP contribution is 2.39. The van der Waals surface area contributed by atoms with Gasteiger partial charge in [0.1, 0.15) is 0 Å². The summed E-state index contributed by atoms with van der Waals surface area (Å²) in [6.07, 6.45) is 7.11. The second-order valence-electron chi connectivity index (χ2n) is 5.87. The maximum absolute atomic E-state index is 2.33. The van der Waals surface area contributed by atoms with E-state index in [1.807, 2.05) is 0 Å². The minimum absolute atomic E-state index is 0.835. The van der Waals surface area contributed by atoms with Crippen LogP contribution in [-0.4, -0.2) is 0 Å². The standard InChI is InChI=1S/C17H26/c1-11-12(2)14(4)17(15(5)13(11)3)16-9-7-6-8-10-16/h16H,6-10H2,1-5H3. The molecule has 0 aliphatic heterocycles. The Labute approximate surface area is 106 Å². The first-order valence-corrected chi connectivity index (χ1v) is 7.11. The Morgan fingerprint density at radius 2 is 1.00 bits per heavy atom. The smallest absolute Gasteiger partial charge is 0.0157 e. The third-order valence-electron chi connectivity index (χ3n) is 5.07. The van der Waals surface area contributed by atoms with E-state index < -0.39 is 0 Å². The van der Waals surface area contributed by atoms with Crippen LogP contribution in [0, 0.1) is 34.6 Å². The summed E-state index contributed by atoms with van der Waals surface area (Å²) in [5, 5.41) is 0. The molecule has 0 heterocycles. The van der Waals surface area contributed by atoms with Gasteiger partial charge in [-0.3, -0.25) is 0 Å². The quantitative estimate of drug-likeness (QED) is 0.616. The molecule has 0 radical (unpaired) electrons. The zero-order valence-corrected chi connectivity index (χ0v) is 12.1. The average Bonchev–Trinajstić information content (AvgIpc) is 2.36. The van der Waals surface area contributed by atoms with Gasteiger partial charge in [-0.1, -0.05) is 19.3 Å². The third-order valence-corrected chi connectivity index (χ3v) is 5.07. The van der Waals surface area contributed by atoms with Gasteiger partial charge >= 0.3 is 0 Å². The van der Waals surface area contributed by atoms with Crippen molar-refractivity contribution in [2.24, 2.45) is 0 Å². The summed E-state index contributed by atoms with van der Waals surface area (Å²) in [6, 6.07) is 0. The molecule has 0 atom stereocenters. The second kappa shape index (κ2) is 4.84. The Kier molecular flexibility index (Phi) is 3.61. The van der Waals surface area contributed by atoms with Crippen molar-refractivity contribution >= 4 is 0 Å². The molecule has 1 aliphatic carbocycles. The van der Waals surface area contributed by atoms with E-state index in [1.54, 1.807) is 16.7 Å². The van der Waals surface area contributed by atoms with E-state index in [-0.39, 0.29) is 0 Å². The molecule has 1 aliphatic rings. The van der Waals surface area contributed by atoms with Gasteiger partial charge in [-0.25, -0.2) is 0 Å². The molecule has 2 rings (SSSR count). The maximum atomic E-state index is 2.33. The average molecular weight is 230 g/mol.